The topological polar surface area (TPSA) is 92.3 Å². The van der Waals surface area contributed by atoms with E-state index in [1.165, 1.54) is 6.92 Å². The standard InChI is InChI=1S/C24H30N2O4/c1-15(2)30-13-7-12-26-22(28)19(14-25)16(3)20(23(26)29)21(27)17-8-10-18(11-9-17)24(4,5)6/h8-11,15,29H,7,12-13H2,1-6H3. The lowest BCUT2D eigenvalue weighted by molar-refractivity contribution is 0.0743. The number of benzene rings is 1. The van der Waals surface area contributed by atoms with Crippen molar-refractivity contribution < 1.29 is 14.6 Å². The Balaban J connectivity index is 2.48. The molecule has 1 aromatic heterocycles. The third kappa shape index (κ3) is 4.98. The second-order valence-corrected chi connectivity index (χ2v) is 8.70. The predicted molar refractivity (Wildman–Crippen MR) is 116 cm³/mol. The fourth-order valence-electron chi connectivity index (χ4n) is 3.24. The van der Waals surface area contributed by atoms with Gasteiger partial charge in [-0.2, -0.15) is 5.26 Å². The summed E-state index contributed by atoms with van der Waals surface area (Å²) in [5, 5.41) is 20.3. The molecule has 1 N–H and O–H groups in total. The Kier molecular flexibility index (Phi) is 7.22. The van der Waals surface area contributed by atoms with Crippen molar-refractivity contribution in [3.8, 4) is 11.9 Å². The molecule has 1 aromatic carbocycles. The molecule has 2 rings (SSSR count). The molecular formula is C24H30N2O4. The maximum atomic E-state index is 13.2. The Morgan fingerprint density at radius 3 is 2.33 bits per heavy atom. The Bertz CT molecular complexity index is 1020. The lowest BCUT2D eigenvalue weighted by atomic mass is 9.86. The van der Waals surface area contributed by atoms with Crippen LogP contribution in [-0.4, -0.2) is 28.2 Å². The third-order valence-electron chi connectivity index (χ3n) is 5.02. The first-order valence-electron chi connectivity index (χ1n) is 10.1. The number of ketones is 1. The van der Waals surface area contributed by atoms with E-state index in [2.05, 4.69) is 20.8 Å². The molecule has 0 saturated carbocycles. The normalized spacial score (nSPS) is 11.5. The number of rotatable bonds is 7. The average Bonchev–Trinajstić information content (AvgIpc) is 2.66. The van der Waals surface area contributed by atoms with Crippen LogP contribution in [-0.2, 0) is 16.7 Å². The van der Waals surface area contributed by atoms with E-state index in [4.69, 9.17) is 4.74 Å². The summed E-state index contributed by atoms with van der Waals surface area (Å²) in [6.07, 6.45) is 0.518. The van der Waals surface area contributed by atoms with Crippen molar-refractivity contribution in [2.45, 2.75) is 66.0 Å². The van der Waals surface area contributed by atoms with Crippen LogP contribution in [0.2, 0.25) is 0 Å². The molecule has 0 radical (unpaired) electrons. The Morgan fingerprint density at radius 2 is 1.83 bits per heavy atom. The second-order valence-electron chi connectivity index (χ2n) is 8.70. The van der Waals surface area contributed by atoms with E-state index in [-0.39, 0.29) is 34.8 Å². The Labute approximate surface area is 177 Å². The van der Waals surface area contributed by atoms with Crippen LogP contribution >= 0.6 is 0 Å². The van der Waals surface area contributed by atoms with Crippen molar-refractivity contribution in [3.63, 3.8) is 0 Å². The molecule has 6 heteroatoms. The molecule has 0 fully saturated rings. The van der Waals surface area contributed by atoms with Crippen molar-refractivity contribution in [2.24, 2.45) is 0 Å². The summed E-state index contributed by atoms with van der Waals surface area (Å²) in [5.74, 6) is -0.833. The first-order valence-corrected chi connectivity index (χ1v) is 10.1. The third-order valence-corrected chi connectivity index (χ3v) is 5.02. The summed E-state index contributed by atoms with van der Waals surface area (Å²) in [5.41, 5.74) is 0.855. The van der Waals surface area contributed by atoms with Gasteiger partial charge < -0.3 is 9.84 Å². The second kappa shape index (κ2) is 9.27. The minimum atomic E-state index is -0.600. The van der Waals surface area contributed by atoms with Gasteiger partial charge in [-0.05, 0) is 43.7 Å². The highest BCUT2D eigenvalue weighted by Gasteiger charge is 2.25. The van der Waals surface area contributed by atoms with Crippen LogP contribution in [0, 0.1) is 18.3 Å². The van der Waals surface area contributed by atoms with E-state index in [9.17, 15) is 20.0 Å². The van der Waals surface area contributed by atoms with Crippen LogP contribution in [0.3, 0.4) is 0 Å². The number of hydrogen-bond donors (Lipinski definition) is 1. The number of carbonyl (C=O) groups excluding carboxylic acids is 1. The molecule has 0 bridgehead atoms. The fourth-order valence-corrected chi connectivity index (χ4v) is 3.24. The lowest BCUT2D eigenvalue weighted by Crippen LogP contribution is -2.27. The monoisotopic (exact) mass is 410 g/mol. The van der Waals surface area contributed by atoms with E-state index >= 15 is 0 Å². The number of hydrogen-bond acceptors (Lipinski definition) is 5. The van der Waals surface area contributed by atoms with Gasteiger partial charge in [-0.25, -0.2) is 0 Å². The number of aromatic nitrogens is 1. The maximum absolute atomic E-state index is 13.2. The SMILES string of the molecule is Cc1c(C(=O)c2ccc(C(C)(C)C)cc2)c(O)n(CCCOC(C)C)c(=O)c1C#N. The summed E-state index contributed by atoms with van der Waals surface area (Å²) in [7, 11) is 0. The average molecular weight is 411 g/mol. The van der Waals surface area contributed by atoms with E-state index in [0.29, 0.717) is 18.6 Å². The molecular weight excluding hydrogens is 380 g/mol. The smallest absolute Gasteiger partial charge is 0.271 e. The van der Waals surface area contributed by atoms with E-state index in [1.807, 2.05) is 32.0 Å². The van der Waals surface area contributed by atoms with Crippen LogP contribution in [0.4, 0.5) is 0 Å². The van der Waals surface area contributed by atoms with Crippen molar-refractivity contribution >= 4 is 5.78 Å². The molecule has 0 atom stereocenters. The molecule has 0 spiro atoms. The summed E-state index contributed by atoms with van der Waals surface area (Å²) in [6.45, 7) is 12.1. The number of carbonyl (C=O) groups is 1. The fraction of sp³-hybridized carbons (Fsp3) is 0.458. The number of ether oxygens (including phenoxy) is 1. The van der Waals surface area contributed by atoms with Gasteiger partial charge in [0.1, 0.15) is 11.6 Å². The molecule has 0 saturated heterocycles. The van der Waals surface area contributed by atoms with Crippen LogP contribution in [0.25, 0.3) is 0 Å². The molecule has 0 aliphatic carbocycles. The molecule has 1 heterocycles. The van der Waals surface area contributed by atoms with Crippen LogP contribution in [0.1, 0.15) is 73.7 Å². The molecule has 30 heavy (non-hydrogen) atoms. The van der Waals surface area contributed by atoms with Gasteiger partial charge in [-0.15, -0.1) is 0 Å². The Morgan fingerprint density at radius 1 is 1.23 bits per heavy atom. The molecule has 2 aromatic rings. The molecule has 0 unspecified atom stereocenters. The maximum Gasteiger partial charge on any atom is 0.271 e. The summed E-state index contributed by atoms with van der Waals surface area (Å²) < 4.78 is 6.57. The molecule has 0 aliphatic rings. The van der Waals surface area contributed by atoms with Crippen LogP contribution in [0.15, 0.2) is 29.1 Å². The zero-order valence-corrected chi connectivity index (χ0v) is 18.6. The van der Waals surface area contributed by atoms with Crippen LogP contribution < -0.4 is 5.56 Å². The zero-order chi connectivity index (χ0) is 22.6. The summed E-state index contributed by atoms with van der Waals surface area (Å²) in [6, 6.07) is 9.06. The van der Waals surface area contributed by atoms with Gasteiger partial charge in [0.15, 0.2) is 5.78 Å². The van der Waals surface area contributed by atoms with E-state index in [1.54, 1.807) is 12.1 Å². The highest BCUT2D eigenvalue weighted by Crippen LogP contribution is 2.27. The number of pyridine rings is 1. The minimum Gasteiger partial charge on any atom is -0.494 e. The highest BCUT2D eigenvalue weighted by atomic mass is 16.5. The predicted octanol–water partition coefficient (Wildman–Crippen LogP) is 4.08. The van der Waals surface area contributed by atoms with Gasteiger partial charge in [-0.3, -0.25) is 14.2 Å². The summed E-state index contributed by atoms with van der Waals surface area (Å²) in [4.78, 5) is 25.9. The van der Waals surface area contributed by atoms with Gasteiger partial charge in [0, 0.05) is 18.7 Å². The van der Waals surface area contributed by atoms with Gasteiger partial charge in [0.25, 0.3) is 5.56 Å². The van der Waals surface area contributed by atoms with Crippen molar-refractivity contribution in [1.82, 2.24) is 4.57 Å². The molecule has 0 aliphatic heterocycles. The van der Waals surface area contributed by atoms with E-state index < -0.39 is 17.2 Å². The lowest BCUT2D eigenvalue weighted by Gasteiger charge is -2.19. The van der Waals surface area contributed by atoms with Crippen molar-refractivity contribution in [3.05, 3.63) is 62.4 Å². The first kappa shape index (κ1) is 23.4. The highest BCUT2D eigenvalue weighted by molar-refractivity contribution is 6.11. The number of aromatic hydroxyl groups is 1. The molecule has 0 amide bonds. The summed E-state index contributed by atoms with van der Waals surface area (Å²) >= 11 is 0. The van der Waals surface area contributed by atoms with Crippen LogP contribution in [0.5, 0.6) is 5.88 Å². The van der Waals surface area contributed by atoms with E-state index in [0.717, 1.165) is 10.1 Å². The van der Waals surface area contributed by atoms with Crippen molar-refractivity contribution in [2.75, 3.05) is 6.61 Å². The number of nitriles is 1. The van der Waals surface area contributed by atoms with Gasteiger partial charge >= 0.3 is 0 Å². The van der Waals surface area contributed by atoms with Gasteiger partial charge in [0.05, 0.1) is 11.7 Å². The quantitative estimate of drug-likeness (QED) is 0.548. The number of nitrogens with zero attached hydrogens (tertiary/aromatic N) is 2. The largest absolute Gasteiger partial charge is 0.494 e. The van der Waals surface area contributed by atoms with Gasteiger partial charge in [-0.1, -0.05) is 45.0 Å². The Hall–Kier alpha value is -2.91. The van der Waals surface area contributed by atoms with Crippen molar-refractivity contribution in [1.29, 1.82) is 5.26 Å². The first-order chi connectivity index (χ1) is 14.0. The zero-order valence-electron chi connectivity index (χ0n) is 18.6. The molecule has 160 valence electrons. The minimum absolute atomic E-state index is 0.0144. The van der Waals surface area contributed by atoms with Gasteiger partial charge in [0.2, 0.25) is 5.88 Å². The molecule has 6 nitrogen and oxygen atoms in total.